The molecular formula is C37H32F3N3O6S2. The first kappa shape index (κ1) is 33.6. The van der Waals surface area contributed by atoms with Crippen molar-refractivity contribution in [1.82, 2.24) is 4.57 Å². The lowest BCUT2D eigenvalue weighted by Crippen LogP contribution is -2.43. The third-order valence-corrected chi connectivity index (χ3v) is 13.6. The van der Waals surface area contributed by atoms with Gasteiger partial charge >= 0.3 is 11.0 Å². The molecule has 8 rings (SSSR count). The van der Waals surface area contributed by atoms with Crippen LogP contribution in [0.1, 0.15) is 33.9 Å². The highest BCUT2D eigenvalue weighted by Crippen LogP contribution is 2.69. The number of anilines is 2. The van der Waals surface area contributed by atoms with E-state index < -0.39 is 46.6 Å². The highest BCUT2D eigenvalue weighted by atomic mass is 32.2. The number of halogens is 3. The summed E-state index contributed by atoms with van der Waals surface area (Å²) in [6, 6.07) is 17.6. The fourth-order valence-electron chi connectivity index (χ4n) is 8.80. The van der Waals surface area contributed by atoms with Crippen molar-refractivity contribution >= 4 is 52.2 Å². The molecule has 1 aromatic heterocycles. The van der Waals surface area contributed by atoms with Crippen LogP contribution in [0.3, 0.4) is 0 Å². The normalized spacial score (nSPS) is 26.2. The summed E-state index contributed by atoms with van der Waals surface area (Å²) in [5.74, 6) is -2.06. The topological polar surface area (TPSA) is 107 Å². The Bertz CT molecular complexity index is 2150. The maximum absolute atomic E-state index is 14.1. The van der Waals surface area contributed by atoms with E-state index in [4.69, 9.17) is 9.47 Å². The Morgan fingerprint density at radius 3 is 2.29 bits per heavy atom. The molecule has 1 N–H and O–H groups in total. The smallest absolute Gasteiger partial charge is 0.418 e. The van der Waals surface area contributed by atoms with Crippen LogP contribution in [0.2, 0.25) is 0 Å². The van der Waals surface area contributed by atoms with E-state index in [1.54, 1.807) is 18.2 Å². The molecule has 264 valence electrons. The number of nitrogens with one attached hydrogen (secondary N) is 1. The largest absolute Gasteiger partial charge is 0.493 e. The number of fused-ring (bicyclic) bond motifs is 9. The van der Waals surface area contributed by atoms with Crippen LogP contribution in [0.5, 0.6) is 11.5 Å². The van der Waals surface area contributed by atoms with Crippen molar-refractivity contribution in [3.63, 3.8) is 0 Å². The number of carbonyl (C=O) groups is 3. The average Bonchev–Trinajstić information content (AvgIpc) is 3.83. The number of thiazole rings is 1. The number of rotatable bonds is 7. The van der Waals surface area contributed by atoms with Crippen LogP contribution in [0, 0.1) is 36.5 Å². The number of carbonyl (C=O) groups excluding carboxylic acids is 3. The zero-order chi connectivity index (χ0) is 35.9. The first-order valence-electron chi connectivity index (χ1n) is 16.4. The van der Waals surface area contributed by atoms with Gasteiger partial charge in [0.15, 0.2) is 11.5 Å². The lowest BCUT2D eigenvalue weighted by Gasteiger charge is -2.43. The molecular weight excluding hydrogens is 704 g/mol. The monoisotopic (exact) mass is 735 g/mol. The minimum atomic E-state index is -4.69. The standard InChI is InChI=1S/C37H32F3N3O6S2/c1-17-8-11-19(12-9-17)43-33(45)29-20-15-21(30(29)34(43)46)31-28(20)27(18-10-13-24(48-2)25(14-18)49-3)32-35(50-31)42(36(47)51-32)16-26(44)41-23-7-5-4-6-22(23)37(38,39)40/h4-14,20-21,27-31H,15-16H2,1-3H3,(H,41,44). The Labute approximate surface area is 298 Å². The van der Waals surface area contributed by atoms with Crippen LogP contribution >= 0.6 is 23.1 Å². The van der Waals surface area contributed by atoms with Gasteiger partial charge in [0.2, 0.25) is 17.7 Å². The number of benzene rings is 3. The zero-order valence-electron chi connectivity index (χ0n) is 27.6. The van der Waals surface area contributed by atoms with Gasteiger partial charge in [-0.3, -0.25) is 28.6 Å². The molecule has 14 heteroatoms. The summed E-state index contributed by atoms with van der Waals surface area (Å²) in [5.41, 5.74) is 0.995. The van der Waals surface area contributed by atoms with Crippen molar-refractivity contribution in [3.8, 4) is 11.5 Å². The molecule has 4 aromatic rings. The van der Waals surface area contributed by atoms with Gasteiger partial charge in [-0.15, -0.1) is 11.8 Å². The number of ether oxygens (including phenoxy) is 2. The highest BCUT2D eigenvalue weighted by molar-refractivity contribution is 8.00. The van der Waals surface area contributed by atoms with Gasteiger partial charge in [0.05, 0.1) is 48.0 Å². The SMILES string of the molecule is COc1ccc(C2c3sc(=O)n(CC(=O)Nc4ccccc4C(F)(F)F)c3SC3C4CC(C5C(=O)N(c6ccc(C)cc6)C(=O)C45)C23)cc1OC. The second-order valence-corrected chi connectivity index (χ2v) is 15.6. The molecule has 0 radical (unpaired) electrons. The summed E-state index contributed by atoms with van der Waals surface area (Å²) in [6.07, 6.45) is -4.03. The maximum Gasteiger partial charge on any atom is 0.418 e. The van der Waals surface area contributed by atoms with Crippen molar-refractivity contribution in [2.24, 2.45) is 29.6 Å². The van der Waals surface area contributed by atoms with Crippen LogP contribution in [-0.4, -0.2) is 41.8 Å². The van der Waals surface area contributed by atoms with Gasteiger partial charge < -0.3 is 14.8 Å². The molecule has 0 spiro atoms. The van der Waals surface area contributed by atoms with Crippen molar-refractivity contribution < 1.29 is 37.0 Å². The Morgan fingerprint density at radius 2 is 1.61 bits per heavy atom. The van der Waals surface area contributed by atoms with Crippen molar-refractivity contribution in [1.29, 1.82) is 0 Å². The van der Waals surface area contributed by atoms with Gasteiger partial charge in [0.1, 0.15) is 6.54 Å². The molecule has 1 saturated heterocycles. The van der Waals surface area contributed by atoms with E-state index in [1.165, 1.54) is 53.6 Å². The number of hydrogen-bond acceptors (Lipinski definition) is 8. The van der Waals surface area contributed by atoms with Crippen LogP contribution in [0.25, 0.3) is 0 Å². The second-order valence-electron chi connectivity index (χ2n) is 13.4. The lowest BCUT2D eigenvalue weighted by molar-refractivity contribution is -0.137. The molecule has 2 bridgehead atoms. The number of thioether (sulfide) groups is 1. The quantitative estimate of drug-likeness (QED) is 0.214. The van der Waals surface area contributed by atoms with Gasteiger partial charge in [-0.05, 0) is 73.1 Å². The van der Waals surface area contributed by atoms with Crippen LogP contribution in [0.4, 0.5) is 24.5 Å². The Morgan fingerprint density at radius 1 is 0.922 bits per heavy atom. The molecule has 7 unspecified atom stereocenters. The number of methoxy groups -OCH3 is 2. The summed E-state index contributed by atoms with van der Waals surface area (Å²) in [7, 11) is 3.06. The minimum Gasteiger partial charge on any atom is -0.493 e. The Balaban J connectivity index is 1.19. The van der Waals surface area contributed by atoms with Gasteiger partial charge in [-0.1, -0.05) is 47.2 Å². The molecule has 2 saturated carbocycles. The molecule has 4 aliphatic rings. The maximum atomic E-state index is 14.1. The number of imide groups is 1. The predicted molar refractivity (Wildman–Crippen MR) is 185 cm³/mol. The van der Waals surface area contributed by atoms with E-state index in [1.807, 2.05) is 31.2 Å². The molecule has 3 fully saturated rings. The molecule has 51 heavy (non-hydrogen) atoms. The lowest BCUT2D eigenvalue weighted by atomic mass is 9.68. The molecule has 2 aliphatic heterocycles. The third-order valence-electron chi connectivity index (χ3n) is 10.8. The highest BCUT2D eigenvalue weighted by Gasteiger charge is 2.70. The van der Waals surface area contributed by atoms with Gasteiger partial charge in [0, 0.05) is 16.0 Å². The van der Waals surface area contributed by atoms with Crippen molar-refractivity contribution in [2.75, 3.05) is 24.4 Å². The number of nitrogens with zero attached hydrogens (tertiary/aromatic N) is 2. The average molecular weight is 736 g/mol. The number of para-hydroxylation sites is 1. The Hall–Kier alpha value is -4.56. The first-order valence-corrected chi connectivity index (χ1v) is 18.1. The van der Waals surface area contributed by atoms with Gasteiger partial charge in [0.25, 0.3) is 0 Å². The number of aryl methyl sites for hydroxylation is 1. The van der Waals surface area contributed by atoms with Crippen LogP contribution < -0.4 is 24.6 Å². The van der Waals surface area contributed by atoms with E-state index in [0.29, 0.717) is 33.5 Å². The van der Waals surface area contributed by atoms with E-state index in [0.717, 1.165) is 28.5 Å². The predicted octanol–water partition coefficient (Wildman–Crippen LogP) is 6.57. The summed E-state index contributed by atoms with van der Waals surface area (Å²) in [6.45, 7) is 1.44. The number of hydrogen-bond donors (Lipinski definition) is 1. The Kier molecular flexibility index (Phi) is 8.09. The van der Waals surface area contributed by atoms with Crippen molar-refractivity contribution in [2.45, 2.75) is 42.3 Å². The number of amides is 3. The van der Waals surface area contributed by atoms with E-state index in [2.05, 4.69) is 5.32 Å². The molecule has 3 heterocycles. The summed E-state index contributed by atoms with van der Waals surface area (Å²) in [4.78, 5) is 56.8. The van der Waals surface area contributed by atoms with E-state index >= 15 is 0 Å². The first-order chi connectivity index (χ1) is 24.4. The minimum absolute atomic E-state index is 0.124. The van der Waals surface area contributed by atoms with Crippen molar-refractivity contribution in [3.05, 3.63) is 98.0 Å². The number of alkyl halides is 3. The van der Waals surface area contributed by atoms with Crippen LogP contribution in [-0.2, 0) is 27.1 Å². The second kappa shape index (κ2) is 12.3. The summed E-state index contributed by atoms with van der Waals surface area (Å²) < 4.78 is 53.5. The number of aromatic nitrogens is 1. The fraction of sp³-hybridized carbons (Fsp3) is 0.351. The molecule has 7 atom stereocenters. The van der Waals surface area contributed by atoms with Gasteiger partial charge in [-0.25, -0.2) is 0 Å². The summed E-state index contributed by atoms with van der Waals surface area (Å²) >= 11 is 2.43. The molecule has 3 amide bonds. The van der Waals surface area contributed by atoms with Gasteiger partial charge in [-0.2, -0.15) is 13.2 Å². The summed E-state index contributed by atoms with van der Waals surface area (Å²) in [5, 5.41) is 2.72. The van der Waals surface area contributed by atoms with E-state index in [-0.39, 0.29) is 40.7 Å². The molecule has 3 aromatic carbocycles. The molecule has 9 nitrogen and oxygen atoms in total. The fourth-order valence-corrected chi connectivity index (χ4v) is 11.9. The van der Waals surface area contributed by atoms with Crippen LogP contribution in [0.15, 0.2) is 76.6 Å². The zero-order valence-corrected chi connectivity index (χ0v) is 29.2. The van der Waals surface area contributed by atoms with E-state index in [9.17, 15) is 32.3 Å². The molecule has 2 aliphatic carbocycles. The third kappa shape index (κ3) is 5.28.